The highest BCUT2D eigenvalue weighted by molar-refractivity contribution is 7.09. The van der Waals surface area contributed by atoms with Crippen molar-refractivity contribution in [3.05, 3.63) is 56.5 Å². The Labute approximate surface area is 131 Å². The first-order chi connectivity index (χ1) is 10.6. The van der Waals surface area contributed by atoms with Crippen molar-refractivity contribution < 1.29 is 9.31 Å². The molecule has 5 nitrogen and oxygen atoms in total. The van der Waals surface area contributed by atoms with Gasteiger partial charge >= 0.3 is 0 Å². The Morgan fingerprint density at radius 3 is 2.64 bits per heavy atom. The molecule has 22 heavy (non-hydrogen) atoms. The molecule has 0 amide bonds. The molecule has 3 rings (SSSR count). The topological polar surface area (TPSA) is 49.6 Å². The molecular formula is C15H16FN3O2S. The first-order valence-corrected chi connectivity index (χ1v) is 7.95. The number of benzene rings is 1. The predicted molar refractivity (Wildman–Crippen MR) is 84.9 cm³/mol. The average molecular weight is 321 g/mol. The molecule has 0 radical (unpaired) electrons. The third kappa shape index (κ3) is 3.26. The van der Waals surface area contributed by atoms with E-state index in [0.717, 1.165) is 25.7 Å². The zero-order valence-corrected chi connectivity index (χ0v) is 12.8. The highest BCUT2D eigenvalue weighted by Gasteiger charge is 2.24. The number of halogens is 1. The number of hydrogen-bond donors (Lipinski definition) is 0. The maximum Gasteiger partial charge on any atom is 0.295 e. The second kappa shape index (κ2) is 6.41. The fraction of sp³-hybridized carbons (Fsp3) is 0.333. The van der Waals surface area contributed by atoms with Crippen LogP contribution in [-0.2, 0) is 6.54 Å². The SMILES string of the molecule is O=[N+]([O-])c1cc(F)ccc1N1CCN(Cc2cccs2)CC1. The molecule has 7 heteroatoms. The first kappa shape index (κ1) is 14.9. The molecular weight excluding hydrogens is 305 g/mol. The molecule has 0 bridgehead atoms. The summed E-state index contributed by atoms with van der Waals surface area (Å²) in [5, 5.41) is 13.2. The van der Waals surface area contributed by atoms with Gasteiger partial charge < -0.3 is 4.90 Å². The van der Waals surface area contributed by atoms with Gasteiger partial charge in [-0.2, -0.15) is 0 Å². The van der Waals surface area contributed by atoms with Gasteiger partial charge in [-0.05, 0) is 23.6 Å². The maximum absolute atomic E-state index is 13.2. The number of hydrogen-bond acceptors (Lipinski definition) is 5. The van der Waals surface area contributed by atoms with E-state index in [4.69, 9.17) is 0 Å². The van der Waals surface area contributed by atoms with Crippen LogP contribution in [-0.4, -0.2) is 36.0 Å². The van der Waals surface area contributed by atoms with Crippen LogP contribution in [0.25, 0.3) is 0 Å². The van der Waals surface area contributed by atoms with Crippen molar-refractivity contribution in [2.75, 3.05) is 31.1 Å². The molecule has 0 aliphatic carbocycles. The monoisotopic (exact) mass is 321 g/mol. The minimum atomic E-state index is -0.577. The second-order valence-corrected chi connectivity index (χ2v) is 6.26. The maximum atomic E-state index is 13.2. The fourth-order valence-corrected chi connectivity index (χ4v) is 3.43. The zero-order valence-electron chi connectivity index (χ0n) is 11.9. The molecule has 1 saturated heterocycles. The summed E-state index contributed by atoms with van der Waals surface area (Å²) >= 11 is 1.74. The molecule has 1 fully saturated rings. The van der Waals surface area contributed by atoms with Gasteiger partial charge in [-0.3, -0.25) is 15.0 Å². The first-order valence-electron chi connectivity index (χ1n) is 7.07. The van der Waals surface area contributed by atoms with E-state index in [-0.39, 0.29) is 5.69 Å². The summed E-state index contributed by atoms with van der Waals surface area (Å²) in [5.41, 5.74) is 0.342. The van der Waals surface area contributed by atoms with Crippen molar-refractivity contribution in [1.82, 2.24) is 4.90 Å². The molecule has 116 valence electrons. The van der Waals surface area contributed by atoms with Crippen LogP contribution in [0.5, 0.6) is 0 Å². The molecule has 0 N–H and O–H groups in total. The third-order valence-corrected chi connectivity index (χ3v) is 4.67. The van der Waals surface area contributed by atoms with E-state index in [9.17, 15) is 14.5 Å². The van der Waals surface area contributed by atoms with Gasteiger partial charge in [0.2, 0.25) is 0 Å². The van der Waals surface area contributed by atoms with Crippen molar-refractivity contribution in [1.29, 1.82) is 0 Å². The summed E-state index contributed by atoms with van der Waals surface area (Å²) in [6.45, 7) is 4.01. The van der Waals surface area contributed by atoms with Crippen LogP contribution in [0.15, 0.2) is 35.7 Å². The number of nitro benzene ring substituents is 1. The Kier molecular flexibility index (Phi) is 4.35. The predicted octanol–water partition coefficient (Wildman–Crippen LogP) is 3.12. The normalized spacial score (nSPS) is 16.0. The Bertz CT molecular complexity index is 655. The smallest absolute Gasteiger partial charge is 0.295 e. The number of nitrogens with zero attached hydrogens (tertiary/aromatic N) is 3. The average Bonchev–Trinajstić information content (AvgIpc) is 3.01. The summed E-state index contributed by atoms with van der Waals surface area (Å²) in [4.78, 5) is 16.2. The molecule has 1 aromatic carbocycles. The van der Waals surface area contributed by atoms with Crippen LogP contribution in [0.3, 0.4) is 0 Å². The number of nitro groups is 1. The van der Waals surface area contributed by atoms with Crippen molar-refractivity contribution >= 4 is 22.7 Å². The molecule has 0 saturated carbocycles. The summed E-state index contributed by atoms with van der Waals surface area (Å²) in [6, 6.07) is 7.93. The van der Waals surface area contributed by atoms with Gasteiger partial charge in [0.25, 0.3) is 5.69 Å². The van der Waals surface area contributed by atoms with Gasteiger partial charge in [0.05, 0.1) is 11.0 Å². The van der Waals surface area contributed by atoms with Gasteiger partial charge in [-0.15, -0.1) is 11.3 Å². The van der Waals surface area contributed by atoms with Gasteiger partial charge in [0.15, 0.2) is 0 Å². The molecule has 2 heterocycles. The zero-order chi connectivity index (χ0) is 15.5. The van der Waals surface area contributed by atoms with E-state index < -0.39 is 10.7 Å². The summed E-state index contributed by atoms with van der Waals surface area (Å²) in [7, 11) is 0. The van der Waals surface area contributed by atoms with Crippen LogP contribution in [0.1, 0.15) is 4.88 Å². The van der Waals surface area contributed by atoms with E-state index >= 15 is 0 Å². The van der Waals surface area contributed by atoms with Crippen molar-refractivity contribution in [3.8, 4) is 0 Å². The number of anilines is 1. The number of piperazine rings is 1. The molecule has 0 atom stereocenters. The van der Waals surface area contributed by atoms with Gasteiger partial charge in [0, 0.05) is 37.6 Å². The van der Waals surface area contributed by atoms with Crippen LogP contribution in [0.2, 0.25) is 0 Å². The van der Waals surface area contributed by atoms with Crippen molar-refractivity contribution in [2.45, 2.75) is 6.54 Å². The highest BCUT2D eigenvalue weighted by atomic mass is 32.1. The Hall–Kier alpha value is -1.99. The number of rotatable bonds is 4. The van der Waals surface area contributed by atoms with Crippen LogP contribution < -0.4 is 4.90 Å². The van der Waals surface area contributed by atoms with E-state index in [1.165, 1.54) is 17.0 Å². The summed E-state index contributed by atoms with van der Waals surface area (Å²) < 4.78 is 13.2. The standard InChI is InChI=1S/C15H16FN3O2S/c16-12-3-4-14(15(10-12)19(20)21)18-7-5-17(6-8-18)11-13-2-1-9-22-13/h1-4,9-10H,5-8,11H2. The summed E-state index contributed by atoms with van der Waals surface area (Å²) in [5.74, 6) is -0.577. The molecule has 0 unspecified atom stereocenters. The molecule has 1 aliphatic heterocycles. The van der Waals surface area contributed by atoms with E-state index in [1.807, 2.05) is 11.0 Å². The van der Waals surface area contributed by atoms with E-state index in [0.29, 0.717) is 18.8 Å². The van der Waals surface area contributed by atoms with Crippen LogP contribution in [0, 0.1) is 15.9 Å². The lowest BCUT2D eigenvalue weighted by molar-refractivity contribution is -0.384. The fourth-order valence-electron chi connectivity index (χ4n) is 2.68. The third-order valence-electron chi connectivity index (χ3n) is 3.81. The minimum Gasteiger partial charge on any atom is -0.363 e. The number of thiophene rings is 1. The Balaban J connectivity index is 1.67. The lowest BCUT2D eigenvalue weighted by Gasteiger charge is -2.35. The van der Waals surface area contributed by atoms with Gasteiger partial charge in [-0.1, -0.05) is 6.07 Å². The van der Waals surface area contributed by atoms with Crippen LogP contribution >= 0.6 is 11.3 Å². The molecule has 0 spiro atoms. The minimum absolute atomic E-state index is 0.160. The molecule has 1 aromatic heterocycles. The largest absolute Gasteiger partial charge is 0.363 e. The summed E-state index contributed by atoms with van der Waals surface area (Å²) in [6.07, 6.45) is 0. The van der Waals surface area contributed by atoms with E-state index in [2.05, 4.69) is 16.3 Å². The van der Waals surface area contributed by atoms with Crippen molar-refractivity contribution in [2.24, 2.45) is 0 Å². The Morgan fingerprint density at radius 2 is 2.00 bits per heavy atom. The van der Waals surface area contributed by atoms with Gasteiger partial charge in [0.1, 0.15) is 11.5 Å². The lowest BCUT2D eigenvalue weighted by atomic mass is 10.2. The van der Waals surface area contributed by atoms with Gasteiger partial charge in [-0.25, -0.2) is 4.39 Å². The Morgan fingerprint density at radius 1 is 1.23 bits per heavy atom. The van der Waals surface area contributed by atoms with E-state index in [1.54, 1.807) is 11.3 Å². The highest BCUT2D eigenvalue weighted by Crippen LogP contribution is 2.29. The van der Waals surface area contributed by atoms with Crippen LogP contribution in [0.4, 0.5) is 15.8 Å². The van der Waals surface area contributed by atoms with Crippen molar-refractivity contribution in [3.63, 3.8) is 0 Å². The molecule has 1 aliphatic rings. The lowest BCUT2D eigenvalue weighted by Crippen LogP contribution is -2.46. The second-order valence-electron chi connectivity index (χ2n) is 5.23. The molecule has 2 aromatic rings. The quantitative estimate of drug-likeness (QED) is 0.641.